The van der Waals surface area contributed by atoms with Crippen molar-refractivity contribution in [2.45, 2.75) is 27.7 Å². The number of fused-ring (bicyclic) bond motifs is 8. The van der Waals surface area contributed by atoms with E-state index in [4.69, 9.17) is 8.83 Å². The van der Waals surface area contributed by atoms with Crippen LogP contribution in [0.3, 0.4) is 0 Å². The first-order chi connectivity index (χ1) is 28.3. The monoisotopic (exact) mass is 748 g/mol. The molecule has 0 spiro atoms. The number of aryl methyl sites for hydroxylation is 4. The lowest BCUT2D eigenvalue weighted by molar-refractivity contribution is 0.664. The van der Waals surface area contributed by atoms with Gasteiger partial charge in [-0.2, -0.15) is 0 Å². The van der Waals surface area contributed by atoms with Crippen LogP contribution < -0.4 is 9.80 Å². The Morgan fingerprint density at radius 2 is 0.707 bits per heavy atom. The van der Waals surface area contributed by atoms with E-state index in [1.807, 2.05) is 0 Å². The maximum Gasteiger partial charge on any atom is 0.136 e. The Hall–Kier alpha value is -7.30. The van der Waals surface area contributed by atoms with E-state index in [0.29, 0.717) is 0 Å². The minimum Gasteiger partial charge on any atom is -0.456 e. The van der Waals surface area contributed by atoms with Crippen molar-refractivity contribution in [2.75, 3.05) is 9.80 Å². The molecule has 0 amide bonds. The molecular weight excluding hydrogens is 709 g/mol. The topological polar surface area (TPSA) is 32.8 Å². The molecule has 2 aromatic heterocycles. The average Bonchev–Trinajstić information content (AvgIpc) is 3.75. The molecule has 4 heteroatoms. The van der Waals surface area contributed by atoms with Crippen LogP contribution in [0.4, 0.5) is 34.1 Å². The van der Waals surface area contributed by atoms with Crippen LogP contribution in [0, 0.1) is 27.7 Å². The van der Waals surface area contributed by atoms with Crippen molar-refractivity contribution in [3.63, 3.8) is 0 Å². The SMILES string of the molecule is Cc1cccc(N(c2ccc3cc4c(cc3c2)oc2cc3c(cc24)oc2cc4cc(N(c5cccc(C)c5)c5ccccc5C)ccc4cc23)c2ccccc2C)c1. The van der Waals surface area contributed by atoms with Crippen molar-refractivity contribution in [1.29, 1.82) is 0 Å². The van der Waals surface area contributed by atoms with E-state index in [9.17, 15) is 0 Å². The summed E-state index contributed by atoms with van der Waals surface area (Å²) in [5.41, 5.74) is 15.1. The fourth-order valence-corrected chi connectivity index (χ4v) is 8.80. The summed E-state index contributed by atoms with van der Waals surface area (Å²) < 4.78 is 13.3. The Bertz CT molecular complexity index is 3200. The molecule has 278 valence electrons. The summed E-state index contributed by atoms with van der Waals surface area (Å²) in [6.45, 7) is 8.62. The van der Waals surface area contributed by atoms with E-state index in [1.54, 1.807) is 0 Å². The summed E-state index contributed by atoms with van der Waals surface area (Å²) in [7, 11) is 0. The van der Waals surface area contributed by atoms with Gasteiger partial charge in [-0.1, -0.05) is 72.8 Å². The standard InChI is InChI=1S/C54H40N2O2/c1-33-11-9-15-41(23-33)55(49-17-7-5-13-35(49)3)43-21-19-37-27-45-47-31-54-48(32-53(47)57-51(45)29-39(37)25-43)46-28-38-20-22-44(26-40(38)30-52(46)58-54)56(42-16-10-12-34(2)24-42)50-18-8-6-14-36(50)4/h5-32H,1-4H3. The quantitative estimate of drug-likeness (QED) is 0.170. The molecule has 0 unspecified atom stereocenters. The van der Waals surface area contributed by atoms with Crippen LogP contribution in [0.15, 0.2) is 179 Å². The maximum absolute atomic E-state index is 6.66. The summed E-state index contributed by atoms with van der Waals surface area (Å²) in [4.78, 5) is 4.69. The number of benzene rings is 9. The smallest absolute Gasteiger partial charge is 0.136 e. The highest BCUT2D eigenvalue weighted by Crippen LogP contribution is 2.43. The van der Waals surface area contributed by atoms with Crippen LogP contribution in [0.5, 0.6) is 0 Å². The fourth-order valence-electron chi connectivity index (χ4n) is 8.80. The minimum atomic E-state index is 0.851. The number of rotatable bonds is 6. The van der Waals surface area contributed by atoms with E-state index >= 15 is 0 Å². The summed E-state index contributed by atoms with van der Waals surface area (Å²) in [6, 6.07) is 61.1. The first kappa shape index (κ1) is 34.0. The number of hydrogen-bond acceptors (Lipinski definition) is 4. The number of nitrogens with zero attached hydrogens (tertiary/aromatic N) is 2. The normalized spacial score (nSPS) is 11.8. The van der Waals surface area contributed by atoms with Crippen molar-refractivity contribution in [3.05, 3.63) is 192 Å². The van der Waals surface area contributed by atoms with Gasteiger partial charge in [0.05, 0.1) is 0 Å². The Morgan fingerprint density at radius 3 is 1.14 bits per heavy atom. The highest BCUT2D eigenvalue weighted by atomic mass is 16.3. The third-order valence-corrected chi connectivity index (χ3v) is 11.7. The van der Waals surface area contributed by atoms with Gasteiger partial charge < -0.3 is 18.6 Å². The highest BCUT2D eigenvalue weighted by Gasteiger charge is 2.19. The molecule has 11 rings (SSSR count). The predicted molar refractivity (Wildman–Crippen MR) is 244 cm³/mol. The van der Waals surface area contributed by atoms with E-state index in [0.717, 1.165) is 99.5 Å². The molecule has 2 heterocycles. The van der Waals surface area contributed by atoms with Crippen molar-refractivity contribution in [1.82, 2.24) is 0 Å². The van der Waals surface area contributed by atoms with E-state index in [1.165, 1.54) is 22.3 Å². The lowest BCUT2D eigenvalue weighted by atomic mass is 10.0. The molecule has 0 saturated heterocycles. The zero-order valence-electron chi connectivity index (χ0n) is 32.9. The first-order valence-corrected chi connectivity index (χ1v) is 19.9. The number of para-hydroxylation sites is 2. The third-order valence-electron chi connectivity index (χ3n) is 11.7. The van der Waals surface area contributed by atoms with Crippen molar-refractivity contribution < 1.29 is 8.83 Å². The van der Waals surface area contributed by atoms with E-state index in [-0.39, 0.29) is 0 Å². The molecule has 9 aromatic carbocycles. The zero-order chi connectivity index (χ0) is 39.1. The Kier molecular flexibility index (Phi) is 7.70. The van der Waals surface area contributed by atoms with Gasteiger partial charge in [0.25, 0.3) is 0 Å². The van der Waals surface area contributed by atoms with Gasteiger partial charge in [0.2, 0.25) is 0 Å². The summed E-state index contributed by atoms with van der Waals surface area (Å²) in [6.07, 6.45) is 0. The Labute approximate surface area is 336 Å². The molecule has 0 aliphatic carbocycles. The van der Waals surface area contributed by atoms with Gasteiger partial charge in [-0.25, -0.2) is 0 Å². The van der Waals surface area contributed by atoms with Gasteiger partial charge in [-0.05, 0) is 169 Å². The molecule has 0 fully saturated rings. The molecule has 0 atom stereocenters. The Morgan fingerprint density at radius 1 is 0.310 bits per heavy atom. The van der Waals surface area contributed by atoms with E-state index < -0.39 is 0 Å². The van der Waals surface area contributed by atoms with Crippen molar-refractivity contribution in [3.8, 4) is 0 Å². The van der Waals surface area contributed by atoms with Crippen molar-refractivity contribution in [2.24, 2.45) is 0 Å². The molecule has 0 radical (unpaired) electrons. The molecule has 11 aromatic rings. The van der Waals surface area contributed by atoms with E-state index in [2.05, 4.69) is 207 Å². The molecule has 0 N–H and O–H groups in total. The summed E-state index contributed by atoms with van der Waals surface area (Å²) in [5.74, 6) is 0. The minimum absolute atomic E-state index is 0.851. The second kappa shape index (κ2) is 13.1. The Balaban J connectivity index is 1.01. The van der Waals surface area contributed by atoms with Gasteiger partial charge in [0.15, 0.2) is 0 Å². The fraction of sp³-hybridized carbons (Fsp3) is 0.0741. The molecule has 58 heavy (non-hydrogen) atoms. The van der Waals surface area contributed by atoms with Crippen LogP contribution in [-0.2, 0) is 0 Å². The van der Waals surface area contributed by atoms with Crippen molar-refractivity contribution >= 4 is 99.5 Å². The molecule has 0 aliphatic rings. The first-order valence-electron chi connectivity index (χ1n) is 19.9. The second-order valence-corrected chi connectivity index (χ2v) is 15.7. The van der Waals surface area contributed by atoms with Gasteiger partial charge in [0, 0.05) is 55.7 Å². The summed E-state index contributed by atoms with van der Waals surface area (Å²) in [5, 5.41) is 8.82. The van der Waals surface area contributed by atoms with Crippen LogP contribution in [-0.4, -0.2) is 0 Å². The van der Waals surface area contributed by atoms with Crippen LogP contribution in [0.25, 0.3) is 65.4 Å². The zero-order valence-corrected chi connectivity index (χ0v) is 32.9. The number of hydrogen-bond donors (Lipinski definition) is 0. The lowest BCUT2D eigenvalue weighted by Crippen LogP contribution is -2.11. The molecule has 0 bridgehead atoms. The van der Waals surface area contributed by atoms with Gasteiger partial charge in [-0.3, -0.25) is 0 Å². The average molecular weight is 749 g/mol. The lowest BCUT2D eigenvalue weighted by Gasteiger charge is -2.27. The molecule has 0 saturated carbocycles. The van der Waals surface area contributed by atoms with Gasteiger partial charge in [0.1, 0.15) is 22.3 Å². The van der Waals surface area contributed by atoms with Crippen LogP contribution in [0.1, 0.15) is 22.3 Å². The summed E-state index contributed by atoms with van der Waals surface area (Å²) >= 11 is 0. The second-order valence-electron chi connectivity index (χ2n) is 15.7. The van der Waals surface area contributed by atoms with Gasteiger partial charge >= 0.3 is 0 Å². The molecule has 0 aliphatic heterocycles. The van der Waals surface area contributed by atoms with Crippen LogP contribution >= 0.6 is 0 Å². The predicted octanol–water partition coefficient (Wildman–Crippen LogP) is 16.0. The molecule has 4 nitrogen and oxygen atoms in total. The van der Waals surface area contributed by atoms with Crippen LogP contribution in [0.2, 0.25) is 0 Å². The highest BCUT2D eigenvalue weighted by molar-refractivity contribution is 6.18. The number of anilines is 6. The third kappa shape index (κ3) is 5.60. The molecular formula is C54H40N2O2. The number of furan rings is 2. The van der Waals surface area contributed by atoms with Gasteiger partial charge in [-0.15, -0.1) is 0 Å². The maximum atomic E-state index is 6.66. The largest absolute Gasteiger partial charge is 0.456 e.